The van der Waals surface area contributed by atoms with Crippen molar-refractivity contribution >= 4 is 35.2 Å². The highest BCUT2D eigenvalue weighted by Crippen LogP contribution is 2.44. The molecule has 2 N–H and O–H groups in total. The molecular formula is C29H25F3N2O4. The molecule has 0 bridgehead atoms. The molecule has 38 heavy (non-hydrogen) atoms. The number of esters is 1. The number of anilines is 2. The van der Waals surface area contributed by atoms with Crippen LogP contribution in [0.5, 0.6) is 0 Å². The highest BCUT2D eigenvalue weighted by molar-refractivity contribution is 6.09. The van der Waals surface area contributed by atoms with Crippen LogP contribution in [-0.4, -0.2) is 30.6 Å². The molecule has 0 radical (unpaired) electrons. The van der Waals surface area contributed by atoms with E-state index in [1.54, 1.807) is 55.5 Å². The zero-order chi connectivity index (χ0) is 27.3. The van der Waals surface area contributed by atoms with Crippen LogP contribution in [0.3, 0.4) is 0 Å². The molecule has 0 aromatic heterocycles. The van der Waals surface area contributed by atoms with Crippen molar-refractivity contribution in [1.29, 1.82) is 0 Å². The minimum Gasteiger partial charge on any atom is -0.466 e. The first kappa shape index (κ1) is 26.7. The maximum Gasteiger partial charge on any atom is 0.390 e. The number of ketones is 1. The minimum atomic E-state index is -4.66. The molecule has 1 atom stereocenters. The molecule has 0 saturated carbocycles. The van der Waals surface area contributed by atoms with Gasteiger partial charge in [-0.15, -0.1) is 0 Å². The van der Waals surface area contributed by atoms with Gasteiger partial charge >= 0.3 is 18.2 Å². The molecule has 196 valence electrons. The number of fused-ring (bicyclic) bond motifs is 1. The molecule has 0 aliphatic heterocycles. The number of nitrogens with one attached hydrogen (secondary N) is 2. The summed E-state index contributed by atoms with van der Waals surface area (Å²) in [6.45, 7) is 1.55. The average molecular weight is 523 g/mol. The predicted octanol–water partition coefficient (Wildman–Crippen LogP) is 7.10. The van der Waals surface area contributed by atoms with E-state index in [4.69, 9.17) is 4.74 Å². The molecule has 2 amide bonds. The molecule has 0 spiro atoms. The minimum absolute atomic E-state index is 0.00475. The molecule has 0 saturated heterocycles. The van der Waals surface area contributed by atoms with Crippen LogP contribution in [-0.2, 0) is 9.53 Å². The van der Waals surface area contributed by atoms with Crippen LogP contribution >= 0.6 is 0 Å². The maximum atomic E-state index is 13.4. The van der Waals surface area contributed by atoms with Gasteiger partial charge in [0, 0.05) is 16.9 Å². The Kier molecular flexibility index (Phi) is 7.66. The quantitative estimate of drug-likeness (QED) is 0.324. The van der Waals surface area contributed by atoms with E-state index in [9.17, 15) is 27.6 Å². The Bertz CT molecular complexity index is 1370. The molecule has 1 aliphatic rings. The molecule has 3 aromatic rings. The third-order valence-corrected chi connectivity index (χ3v) is 6.12. The number of amides is 2. The second kappa shape index (κ2) is 10.9. The smallest absolute Gasteiger partial charge is 0.390 e. The van der Waals surface area contributed by atoms with Gasteiger partial charge < -0.3 is 15.4 Å². The summed E-state index contributed by atoms with van der Waals surface area (Å²) in [4.78, 5) is 37.6. The maximum absolute atomic E-state index is 13.4. The summed E-state index contributed by atoms with van der Waals surface area (Å²) in [5, 5.41) is 5.47. The molecule has 4 rings (SSSR count). The molecule has 1 unspecified atom stereocenters. The van der Waals surface area contributed by atoms with E-state index < -0.39 is 42.2 Å². The highest BCUT2D eigenvalue weighted by atomic mass is 19.4. The molecule has 0 heterocycles. The number of para-hydroxylation sites is 1. The third kappa shape index (κ3) is 6.29. The van der Waals surface area contributed by atoms with Crippen molar-refractivity contribution in [1.82, 2.24) is 0 Å². The van der Waals surface area contributed by atoms with Gasteiger partial charge in [-0.2, -0.15) is 13.2 Å². The Labute approximate surface area is 217 Å². The van der Waals surface area contributed by atoms with Crippen LogP contribution < -0.4 is 10.6 Å². The fourth-order valence-corrected chi connectivity index (χ4v) is 4.41. The zero-order valence-electron chi connectivity index (χ0n) is 20.5. The van der Waals surface area contributed by atoms with Gasteiger partial charge in [-0.3, -0.25) is 9.59 Å². The van der Waals surface area contributed by atoms with E-state index in [-0.39, 0.29) is 12.2 Å². The van der Waals surface area contributed by atoms with E-state index >= 15 is 0 Å². The molecule has 9 heteroatoms. The molecule has 6 nitrogen and oxygen atoms in total. The van der Waals surface area contributed by atoms with Gasteiger partial charge in [0.25, 0.3) is 0 Å². The SMILES string of the molecule is CCOC(=O)CC1(CC(F)(F)F)C=Cc2cc(-c3ccc(NC(=O)Nc4ccccc4)cc3)ccc2C1=O. The third-order valence-electron chi connectivity index (χ3n) is 6.12. The van der Waals surface area contributed by atoms with Crippen molar-refractivity contribution in [3.63, 3.8) is 0 Å². The number of carbonyl (C=O) groups excluding carboxylic acids is 3. The van der Waals surface area contributed by atoms with Gasteiger partial charge in [-0.25, -0.2) is 4.79 Å². The van der Waals surface area contributed by atoms with Crippen molar-refractivity contribution in [2.24, 2.45) is 5.41 Å². The Morgan fingerprint density at radius 2 is 1.53 bits per heavy atom. The lowest BCUT2D eigenvalue weighted by Crippen LogP contribution is -2.38. The first-order chi connectivity index (χ1) is 18.1. The first-order valence-corrected chi connectivity index (χ1v) is 11.9. The molecular weight excluding hydrogens is 497 g/mol. The van der Waals surface area contributed by atoms with Crippen LogP contribution in [0.15, 0.2) is 78.9 Å². The second-order valence-electron chi connectivity index (χ2n) is 8.92. The number of Topliss-reactive ketones (excluding diaryl/α,β-unsaturated/α-hetero) is 1. The Balaban J connectivity index is 1.52. The van der Waals surface area contributed by atoms with E-state index in [2.05, 4.69) is 10.6 Å². The fourth-order valence-electron chi connectivity index (χ4n) is 4.41. The average Bonchev–Trinajstić information content (AvgIpc) is 2.86. The number of urea groups is 1. The number of hydrogen-bond donors (Lipinski definition) is 2. The van der Waals surface area contributed by atoms with E-state index in [0.29, 0.717) is 16.9 Å². The molecule has 3 aromatic carbocycles. The zero-order valence-corrected chi connectivity index (χ0v) is 20.5. The van der Waals surface area contributed by atoms with Crippen molar-refractivity contribution in [3.05, 3.63) is 90.0 Å². The van der Waals surface area contributed by atoms with E-state index in [0.717, 1.165) is 11.1 Å². The van der Waals surface area contributed by atoms with Gasteiger partial charge in [-0.05, 0) is 53.9 Å². The van der Waals surface area contributed by atoms with Crippen molar-refractivity contribution in [2.45, 2.75) is 25.9 Å². The number of alkyl halides is 3. The Morgan fingerprint density at radius 3 is 2.16 bits per heavy atom. The Morgan fingerprint density at radius 1 is 0.895 bits per heavy atom. The highest BCUT2D eigenvalue weighted by Gasteiger charge is 2.49. The number of carbonyl (C=O) groups is 3. The van der Waals surface area contributed by atoms with Gasteiger partial charge in [0.2, 0.25) is 0 Å². The summed E-state index contributed by atoms with van der Waals surface area (Å²) in [6, 6.07) is 20.4. The summed E-state index contributed by atoms with van der Waals surface area (Å²) < 4.78 is 45.1. The van der Waals surface area contributed by atoms with Crippen LogP contribution in [0.25, 0.3) is 17.2 Å². The van der Waals surface area contributed by atoms with Gasteiger partial charge in [-0.1, -0.05) is 54.6 Å². The first-order valence-electron chi connectivity index (χ1n) is 11.9. The largest absolute Gasteiger partial charge is 0.466 e. The summed E-state index contributed by atoms with van der Waals surface area (Å²) >= 11 is 0. The van der Waals surface area contributed by atoms with Crippen LogP contribution in [0.2, 0.25) is 0 Å². The van der Waals surface area contributed by atoms with Crippen LogP contribution in [0.1, 0.15) is 35.7 Å². The lowest BCUT2D eigenvalue weighted by molar-refractivity contribution is -0.157. The van der Waals surface area contributed by atoms with Gasteiger partial charge in [0.15, 0.2) is 5.78 Å². The standard InChI is InChI=1S/C29H25F3N2O4/c1-2-38-25(35)17-28(18-29(30,31)32)15-14-21-16-20(10-13-24(21)26(28)36)19-8-11-23(12-9-19)34-27(37)33-22-6-4-3-5-7-22/h3-16H,2,17-18H2,1H3,(H2,33,34,37). The monoisotopic (exact) mass is 522 g/mol. The summed E-state index contributed by atoms with van der Waals surface area (Å²) in [7, 11) is 0. The summed E-state index contributed by atoms with van der Waals surface area (Å²) in [6.07, 6.45) is -4.18. The predicted molar refractivity (Wildman–Crippen MR) is 139 cm³/mol. The Hall–Kier alpha value is -4.40. The second-order valence-corrected chi connectivity index (χ2v) is 8.92. The van der Waals surface area contributed by atoms with Gasteiger partial charge in [0.1, 0.15) is 0 Å². The van der Waals surface area contributed by atoms with Crippen molar-refractivity contribution in [3.8, 4) is 11.1 Å². The van der Waals surface area contributed by atoms with Crippen molar-refractivity contribution in [2.75, 3.05) is 17.2 Å². The summed E-state index contributed by atoms with van der Waals surface area (Å²) in [5.41, 5.74) is 1.24. The lowest BCUT2D eigenvalue weighted by atomic mass is 9.70. The fraction of sp³-hybridized carbons (Fsp3) is 0.207. The number of rotatable bonds is 7. The number of allylic oxidation sites excluding steroid dienone is 1. The van der Waals surface area contributed by atoms with E-state index in [1.807, 2.05) is 18.2 Å². The molecule has 1 aliphatic carbocycles. The summed E-state index contributed by atoms with van der Waals surface area (Å²) in [5.74, 6) is -1.63. The topological polar surface area (TPSA) is 84.5 Å². The number of halogens is 3. The van der Waals surface area contributed by atoms with Crippen molar-refractivity contribution < 1.29 is 32.3 Å². The normalized spacial score (nSPS) is 16.5. The van der Waals surface area contributed by atoms with Crippen LogP contribution in [0, 0.1) is 5.41 Å². The lowest BCUT2D eigenvalue weighted by Gasteiger charge is -2.32. The number of hydrogen-bond acceptors (Lipinski definition) is 4. The van der Waals surface area contributed by atoms with Crippen LogP contribution in [0.4, 0.5) is 29.3 Å². The van der Waals surface area contributed by atoms with Gasteiger partial charge in [0.05, 0.1) is 24.9 Å². The number of benzene rings is 3. The molecule has 0 fully saturated rings. The van der Waals surface area contributed by atoms with E-state index in [1.165, 1.54) is 18.2 Å². The number of ether oxygens (including phenoxy) is 1.